The molecule has 0 unspecified atom stereocenters. The molecule has 0 aliphatic heterocycles. The van der Waals surface area contributed by atoms with Crippen LogP contribution in [0, 0.1) is 5.92 Å². The molecule has 1 fully saturated rings. The molecule has 1 aliphatic rings. The van der Waals surface area contributed by atoms with E-state index >= 15 is 0 Å². The van der Waals surface area contributed by atoms with E-state index in [9.17, 15) is 4.79 Å². The van der Waals surface area contributed by atoms with E-state index in [2.05, 4.69) is 10.6 Å². The number of hydrogen-bond donors (Lipinski definition) is 2. The molecular formula is C18H26N2O3S. The normalized spacial score (nSPS) is 14.4. The Morgan fingerprint density at radius 3 is 2.58 bits per heavy atom. The number of anilines is 1. The first-order valence-electron chi connectivity index (χ1n) is 8.59. The largest absolute Gasteiger partial charge is 0.491 e. The molecule has 6 heteroatoms. The molecule has 132 valence electrons. The van der Waals surface area contributed by atoms with E-state index in [1.54, 1.807) is 0 Å². The van der Waals surface area contributed by atoms with Crippen LogP contribution in [-0.2, 0) is 9.53 Å². The molecule has 0 aromatic heterocycles. The van der Waals surface area contributed by atoms with Crippen molar-refractivity contribution < 1.29 is 14.3 Å². The molecule has 1 saturated carbocycles. The molecule has 0 heterocycles. The second kappa shape index (κ2) is 10.3. The highest BCUT2D eigenvalue weighted by Gasteiger charge is 2.18. The van der Waals surface area contributed by atoms with Gasteiger partial charge in [0.25, 0.3) is 0 Å². The van der Waals surface area contributed by atoms with Crippen LogP contribution in [0.4, 0.5) is 5.69 Å². The molecule has 1 aromatic rings. The van der Waals surface area contributed by atoms with Crippen LogP contribution in [0.15, 0.2) is 24.3 Å². The number of benzene rings is 1. The molecule has 2 N–H and O–H groups in total. The Morgan fingerprint density at radius 1 is 1.21 bits per heavy atom. The molecule has 5 nitrogen and oxygen atoms in total. The molecule has 24 heavy (non-hydrogen) atoms. The maximum absolute atomic E-state index is 12.0. The molecular weight excluding hydrogens is 324 g/mol. The van der Waals surface area contributed by atoms with Gasteiger partial charge in [-0.25, -0.2) is 0 Å². The summed E-state index contributed by atoms with van der Waals surface area (Å²) in [5.74, 6) is 1.28. The van der Waals surface area contributed by atoms with Gasteiger partial charge in [-0.05, 0) is 62.2 Å². The van der Waals surface area contributed by atoms with Gasteiger partial charge in [0.15, 0.2) is 5.11 Å². The summed E-state index contributed by atoms with van der Waals surface area (Å²) < 4.78 is 10.8. The van der Waals surface area contributed by atoms with Gasteiger partial charge in [-0.2, -0.15) is 0 Å². The lowest BCUT2D eigenvalue weighted by Crippen LogP contribution is -2.34. The molecule has 1 aliphatic carbocycles. The first kappa shape index (κ1) is 18.7. The SMILES string of the molecule is CCOCCOc1ccc(NC(=S)NC(=O)CC2CCCC2)cc1. The summed E-state index contributed by atoms with van der Waals surface area (Å²) >= 11 is 5.19. The van der Waals surface area contributed by atoms with Crippen LogP contribution in [0.1, 0.15) is 39.0 Å². The second-order valence-corrected chi connectivity index (χ2v) is 6.33. The van der Waals surface area contributed by atoms with E-state index in [1.165, 1.54) is 12.8 Å². The van der Waals surface area contributed by atoms with Crippen LogP contribution in [0.3, 0.4) is 0 Å². The van der Waals surface area contributed by atoms with Crippen molar-refractivity contribution in [3.8, 4) is 5.75 Å². The van der Waals surface area contributed by atoms with Crippen molar-refractivity contribution in [1.29, 1.82) is 0 Å². The summed E-state index contributed by atoms with van der Waals surface area (Å²) in [5, 5.41) is 6.11. The van der Waals surface area contributed by atoms with Gasteiger partial charge in [-0.3, -0.25) is 4.79 Å². The fourth-order valence-electron chi connectivity index (χ4n) is 2.81. The van der Waals surface area contributed by atoms with Crippen LogP contribution in [0.25, 0.3) is 0 Å². The zero-order valence-electron chi connectivity index (χ0n) is 14.2. The third-order valence-corrected chi connectivity index (χ3v) is 4.22. The zero-order chi connectivity index (χ0) is 17.2. The van der Waals surface area contributed by atoms with E-state index in [4.69, 9.17) is 21.7 Å². The van der Waals surface area contributed by atoms with Gasteiger partial charge < -0.3 is 20.1 Å². The fourth-order valence-corrected chi connectivity index (χ4v) is 3.05. The summed E-state index contributed by atoms with van der Waals surface area (Å²) in [4.78, 5) is 12.0. The number of amides is 1. The minimum atomic E-state index is -0.00437. The predicted octanol–water partition coefficient (Wildman–Crippen LogP) is 3.50. The zero-order valence-corrected chi connectivity index (χ0v) is 15.0. The minimum absolute atomic E-state index is 0.00437. The third kappa shape index (κ3) is 6.84. The summed E-state index contributed by atoms with van der Waals surface area (Å²) in [6.45, 7) is 3.75. The van der Waals surface area contributed by atoms with Crippen molar-refractivity contribution in [2.24, 2.45) is 5.92 Å². The van der Waals surface area contributed by atoms with Crippen LogP contribution < -0.4 is 15.4 Å². The lowest BCUT2D eigenvalue weighted by Gasteiger charge is -2.12. The molecule has 0 spiro atoms. The number of hydrogen-bond acceptors (Lipinski definition) is 4. The van der Waals surface area contributed by atoms with Crippen LogP contribution in [0.5, 0.6) is 5.75 Å². The molecule has 0 atom stereocenters. The van der Waals surface area contributed by atoms with Gasteiger partial charge in [0, 0.05) is 18.7 Å². The average Bonchev–Trinajstić information content (AvgIpc) is 3.05. The highest BCUT2D eigenvalue weighted by Crippen LogP contribution is 2.27. The molecule has 0 radical (unpaired) electrons. The Morgan fingerprint density at radius 2 is 1.92 bits per heavy atom. The number of ether oxygens (including phenoxy) is 2. The van der Waals surface area contributed by atoms with Crippen LogP contribution >= 0.6 is 12.2 Å². The lowest BCUT2D eigenvalue weighted by atomic mass is 10.0. The van der Waals surface area contributed by atoms with Crippen molar-refractivity contribution in [1.82, 2.24) is 5.32 Å². The van der Waals surface area contributed by atoms with Crippen LogP contribution in [0.2, 0.25) is 0 Å². The van der Waals surface area contributed by atoms with Crippen molar-refractivity contribution in [2.75, 3.05) is 25.1 Å². The second-order valence-electron chi connectivity index (χ2n) is 5.93. The Bertz CT molecular complexity index is 528. The maximum atomic E-state index is 12.0. The maximum Gasteiger partial charge on any atom is 0.226 e. The smallest absolute Gasteiger partial charge is 0.226 e. The summed E-state index contributed by atoms with van der Waals surface area (Å²) in [6.07, 6.45) is 5.34. The minimum Gasteiger partial charge on any atom is -0.491 e. The van der Waals surface area contributed by atoms with E-state index in [0.717, 1.165) is 24.3 Å². The Kier molecular flexibility index (Phi) is 7.98. The first-order chi connectivity index (χ1) is 11.7. The van der Waals surface area contributed by atoms with E-state index in [0.29, 0.717) is 37.3 Å². The van der Waals surface area contributed by atoms with E-state index in [-0.39, 0.29) is 5.91 Å². The van der Waals surface area contributed by atoms with Gasteiger partial charge in [0.05, 0.1) is 6.61 Å². The molecule has 1 amide bonds. The fraction of sp³-hybridized carbons (Fsp3) is 0.556. The summed E-state index contributed by atoms with van der Waals surface area (Å²) in [6, 6.07) is 7.45. The summed E-state index contributed by atoms with van der Waals surface area (Å²) in [7, 11) is 0. The molecule has 0 bridgehead atoms. The quantitative estimate of drug-likeness (QED) is 0.555. The van der Waals surface area contributed by atoms with Gasteiger partial charge in [-0.15, -0.1) is 0 Å². The van der Waals surface area contributed by atoms with Gasteiger partial charge in [-0.1, -0.05) is 12.8 Å². The Balaban J connectivity index is 1.69. The third-order valence-electron chi connectivity index (χ3n) is 4.01. The van der Waals surface area contributed by atoms with E-state index in [1.807, 2.05) is 31.2 Å². The van der Waals surface area contributed by atoms with Crippen LogP contribution in [-0.4, -0.2) is 30.8 Å². The van der Waals surface area contributed by atoms with Crippen molar-refractivity contribution in [3.63, 3.8) is 0 Å². The standard InChI is InChI=1S/C18H26N2O3S/c1-2-22-11-12-23-16-9-7-15(8-10-16)19-18(24)20-17(21)13-14-5-3-4-6-14/h7-10,14H,2-6,11-13H2,1H3,(H2,19,20,21,24). The van der Waals surface area contributed by atoms with Gasteiger partial charge in [0.2, 0.25) is 5.91 Å². The molecule has 1 aromatic carbocycles. The number of nitrogens with one attached hydrogen (secondary N) is 2. The first-order valence-corrected chi connectivity index (χ1v) is 8.99. The van der Waals surface area contributed by atoms with Gasteiger partial charge in [0.1, 0.15) is 12.4 Å². The number of rotatable bonds is 8. The summed E-state index contributed by atoms with van der Waals surface area (Å²) in [5.41, 5.74) is 0.818. The number of thiocarbonyl (C=S) groups is 1. The monoisotopic (exact) mass is 350 g/mol. The van der Waals surface area contributed by atoms with Crippen molar-refractivity contribution >= 4 is 28.9 Å². The lowest BCUT2D eigenvalue weighted by molar-refractivity contribution is -0.120. The van der Waals surface area contributed by atoms with E-state index < -0.39 is 0 Å². The number of carbonyl (C=O) groups is 1. The Hall–Kier alpha value is -1.66. The highest BCUT2D eigenvalue weighted by molar-refractivity contribution is 7.80. The van der Waals surface area contributed by atoms with Crippen molar-refractivity contribution in [2.45, 2.75) is 39.0 Å². The molecule has 2 rings (SSSR count). The van der Waals surface area contributed by atoms with Crippen molar-refractivity contribution in [3.05, 3.63) is 24.3 Å². The highest BCUT2D eigenvalue weighted by atomic mass is 32.1. The molecule has 0 saturated heterocycles. The average molecular weight is 350 g/mol. The Labute approximate surface area is 149 Å². The predicted molar refractivity (Wildman–Crippen MR) is 99.4 cm³/mol. The number of carbonyl (C=O) groups excluding carboxylic acids is 1. The topological polar surface area (TPSA) is 59.6 Å². The van der Waals surface area contributed by atoms with Gasteiger partial charge >= 0.3 is 0 Å².